The Morgan fingerprint density at radius 2 is 1.11 bits per heavy atom. The molecule has 0 aliphatic carbocycles. The number of unbranched alkanes of at least 4 members (excludes halogenated alkanes) is 8. The minimum Gasteiger partial charge on any atom is -0.481 e. The van der Waals surface area contributed by atoms with Crippen molar-refractivity contribution in [1.82, 2.24) is 0 Å². The molecule has 0 aromatic carbocycles. The van der Waals surface area contributed by atoms with Crippen molar-refractivity contribution in [1.29, 1.82) is 0 Å². The zero-order chi connectivity index (χ0) is 27.9. The zero-order valence-electron chi connectivity index (χ0n) is 24.5. The Morgan fingerprint density at radius 1 is 0.605 bits per heavy atom. The van der Waals surface area contributed by atoms with Crippen LogP contribution >= 0.6 is 0 Å². The van der Waals surface area contributed by atoms with Gasteiger partial charge in [-0.05, 0) is 64.2 Å². The number of esters is 1. The van der Waals surface area contributed by atoms with Crippen LogP contribution in [0.4, 0.5) is 0 Å². The van der Waals surface area contributed by atoms with Gasteiger partial charge in [0.25, 0.3) is 0 Å². The first-order valence-electron chi connectivity index (χ1n) is 15.3. The number of allylic oxidation sites excluding steroid dienone is 10. The Bertz CT molecular complexity index is 699. The highest BCUT2D eigenvalue weighted by atomic mass is 16.5. The molecule has 0 fully saturated rings. The second kappa shape index (κ2) is 29.2. The Labute approximate surface area is 234 Å². The van der Waals surface area contributed by atoms with E-state index in [1.807, 2.05) is 0 Å². The van der Waals surface area contributed by atoms with Gasteiger partial charge in [-0.1, -0.05) is 120 Å². The van der Waals surface area contributed by atoms with Crippen molar-refractivity contribution in [3.05, 3.63) is 60.8 Å². The summed E-state index contributed by atoms with van der Waals surface area (Å²) in [6.07, 6.45) is 39.4. The molecule has 0 aromatic rings. The van der Waals surface area contributed by atoms with Gasteiger partial charge < -0.3 is 9.84 Å². The highest BCUT2D eigenvalue weighted by molar-refractivity contribution is 5.70. The second-order valence-electron chi connectivity index (χ2n) is 9.91. The summed E-state index contributed by atoms with van der Waals surface area (Å²) in [5, 5.41) is 9.01. The normalized spacial score (nSPS) is 13.1. The molecular weight excluding hydrogens is 472 g/mol. The molecule has 0 aliphatic heterocycles. The van der Waals surface area contributed by atoms with Gasteiger partial charge in [-0.15, -0.1) is 0 Å². The molecule has 0 amide bonds. The number of carbonyl (C=O) groups is 2. The maximum Gasteiger partial charge on any atom is 0.306 e. The monoisotopic (exact) mass is 528 g/mol. The van der Waals surface area contributed by atoms with Gasteiger partial charge in [-0.3, -0.25) is 9.59 Å². The third-order valence-corrected chi connectivity index (χ3v) is 6.27. The quantitative estimate of drug-likeness (QED) is 0.0689. The molecule has 0 heterocycles. The van der Waals surface area contributed by atoms with Crippen LogP contribution in [0.15, 0.2) is 60.8 Å². The number of carboxylic acids is 1. The van der Waals surface area contributed by atoms with Crippen LogP contribution in [0.3, 0.4) is 0 Å². The van der Waals surface area contributed by atoms with Crippen LogP contribution in [0.1, 0.15) is 136 Å². The van der Waals surface area contributed by atoms with Crippen LogP contribution in [-0.2, 0) is 14.3 Å². The van der Waals surface area contributed by atoms with Gasteiger partial charge in [0.05, 0.1) is 0 Å². The maximum absolute atomic E-state index is 12.3. The van der Waals surface area contributed by atoms with Crippen LogP contribution < -0.4 is 0 Å². The van der Waals surface area contributed by atoms with E-state index >= 15 is 0 Å². The molecule has 216 valence electrons. The van der Waals surface area contributed by atoms with E-state index in [9.17, 15) is 9.59 Å². The van der Waals surface area contributed by atoms with Crippen molar-refractivity contribution in [2.45, 2.75) is 142 Å². The Kier molecular flexibility index (Phi) is 27.4. The van der Waals surface area contributed by atoms with Crippen molar-refractivity contribution >= 4 is 11.9 Å². The van der Waals surface area contributed by atoms with E-state index in [1.165, 1.54) is 38.5 Å². The molecule has 0 saturated heterocycles. The first kappa shape index (κ1) is 35.6. The predicted molar refractivity (Wildman–Crippen MR) is 162 cm³/mol. The van der Waals surface area contributed by atoms with Crippen molar-refractivity contribution in [2.75, 3.05) is 0 Å². The lowest BCUT2D eigenvalue weighted by Gasteiger charge is -2.17. The fraction of sp³-hybridized carbons (Fsp3) is 0.647. The van der Waals surface area contributed by atoms with Crippen molar-refractivity contribution in [2.24, 2.45) is 0 Å². The summed E-state index contributed by atoms with van der Waals surface area (Å²) in [4.78, 5) is 23.3. The Morgan fingerprint density at radius 3 is 1.63 bits per heavy atom. The summed E-state index contributed by atoms with van der Waals surface area (Å²) in [5.41, 5.74) is 0. The SMILES string of the molecule is CC/C=C\C/C=C\C/C=C\C/C=C\C/C=C\CCCC(=O)OC(CCCCCCCCCC)CCC(=O)O. The third kappa shape index (κ3) is 28.2. The molecule has 0 aromatic heterocycles. The largest absolute Gasteiger partial charge is 0.481 e. The van der Waals surface area contributed by atoms with Crippen molar-refractivity contribution in [3.8, 4) is 0 Å². The van der Waals surface area contributed by atoms with Crippen LogP contribution in [0.25, 0.3) is 0 Å². The summed E-state index contributed by atoms with van der Waals surface area (Å²) < 4.78 is 5.64. The average molecular weight is 529 g/mol. The van der Waals surface area contributed by atoms with E-state index in [4.69, 9.17) is 9.84 Å². The number of hydrogen-bond acceptors (Lipinski definition) is 3. The van der Waals surface area contributed by atoms with E-state index in [2.05, 4.69) is 74.6 Å². The summed E-state index contributed by atoms with van der Waals surface area (Å²) in [5.74, 6) is -1.03. The molecule has 0 radical (unpaired) electrons. The van der Waals surface area contributed by atoms with Crippen molar-refractivity contribution < 1.29 is 19.4 Å². The molecular formula is C34H56O4. The average Bonchev–Trinajstić information content (AvgIpc) is 2.90. The molecule has 1 N–H and O–H groups in total. The minimum absolute atomic E-state index is 0.0506. The summed E-state index contributed by atoms with van der Waals surface area (Å²) in [6, 6.07) is 0. The van der Waals surface area contributed by atoms with Gasteiger partial charge in [0.2, 0.25) is 0 Å². The molecule has 4 heteroatoms. The van der Waals surface area contributed by atoms with Crippen LogP contribution in [0, 0.1) is 0 Å². The van der Waals surface area contributed by atoms with Crippen LogP contribution in [-0.4, -0.2) is 23.1 Å². The Balaban J connectivity index is 3.95. The number of ether oxygens (including phenoxy) is 1. The molecule has 38 heavy (non-hydrogen) atoms. The molecule has 4 nitrogen and oxygen atoms in total. The fourth-order valence-electron chi connectivity index (χ4n) is 4.03. The highest BCUT2D eigenvalue weighted by Gasteiger charge is 2.15. The number of carboxylic acid groups (broad SMARTS) is 1. The van der Waals surface area contributed by atoms with Crippen molar-refractivity contribution in [3.63, 3.8) is 0 Å². The lowest BCUT2D eigenvalue weighted by molar-refractivity contribution is -0.151. The van der Waals surface area contributed by atoms with E-state index in [-0.39, 0.29) is 18.5 Å². The van der Waals surface area contributed by atoms with Gasteiger partial charge in [0.1, 0.15) is 6.10 Å². The molecule has 0 bridgehead atoms. The fourth-order valence-corrected chi connectivity index (χ4v) is 4.03. The number of carbonyl (C=O) groups excluding carboxylic acids is 1. The number of hydrogen-bond donors (Lipinski definition) is 1. The minimum atomic E-state index is -0.833. The first-order valence-corrected chi connectivity index (χ1v) is 15.3. The van der Waals surface area contributed by atoms with Gasteiger partial charge in [0.15, 0.2) is 0 Å². The topological polar surface area (TPSA) is 63.6 Å². The van der Waals surface area contributed by atoms with E-state index < -0.39 is 5.97 Å². The maximum atomic E-state index is 12.3. The van der Waals surface area contributed by atoms with E-state index in [0.29, 0.717) is 12.8 Å². The lowest BCUT2D eigenvalue weighted by Crippen LogP contribution is -2.19. The Hall–Kier alpha value is -2.36. The molecule has 1 unspecified atom stereocenters. The van der Waals surface area contributed by atoms with Gasteiger partial charge in [-0.2, -0.15) is 0 Å². The lowest BCUT2D eigenvalue weighted by atomic mass is 10.0. The molecule has 0 spiro atoms. The van der Waals surface area contributed by atoms with Gasteiger partial charge >= 0.3 is 11.9 Å². The second-order valence-corrected chi connectivity index (χ2v) is 9.91. The number of rotatable bonds is 26. The zero-order valence-corrected chi connectivity index (χ0v) is 24.5. The molecule has 0 aliphatic rings. The molecule has 1 atom stereocenters. The third-order valence-electron chi connectivity index (χ3n) is 6.27. The van der Waals surface area contributed by atoms with Gasteiger partial charge in [-0.25, -0.2) is 0 Å². The summed E-state index contributed by atoms with van der Waals surface area (Å²) >= 11 is 0. The van der Waals surface area contributed by atoms with Crippen LogP contribution in [0.2, 0.25) is 0 Å². The van der Waals surface area contributed by atoms with Crippen LogP contribution in [0.5, 0.6) is 0 Å². The van der Waals surface area contributed by atoms with Gasteiger partial charge in [0, 0.05) is 12.8 Å². The standard InChI is InChI=1S/C34H56O4/c1-3-5-7-9-11-13-14-15-16-17-18-19-20-21-23-25-27-29-34(37)38-32(30-31-33(35)36)28-26-24-22-12-10-8-6-4-2/h5,7,11,13,15-16,18-19,21,23,32H,3-4,6,8-10,12,14,17,20,22,24-31H2,1-2H3,(H,35,36)/b7-5-,13-11-,16-15-,19-18-,23-21-. The highest BCUT2D eigenvalue weighted by Crippen LogP contribution is 2.16. The van der Waals surface area contributed by atoms with E-state index in [0.717, 1.165) is 64.2 Å². The molecule has 0 rings (SSSR count). The molecule has 0 saturated carbocycles. The first-order chi connectivity index (χ1) is 18.6. The smallest absolute Gasteiger partial charge is 0.306 e. The summed E-state index contributed by atoms with van der Waals surface area (Å²) in [6.45, 7) is 4.37. The van der Waals surface area contributed by atoms with E-state index in [1.54, 1.807) is 0 Å². The predicted octanol–water partition coefficient (Wildman–Crippen LogP) is 10.2. The number of aliphatic carboxylic acids is 1. The summed E-state index contributed by atoms with van der Waals surface area (Å²) in [7, 11) is 0.